The molecule has 15 rings (SSSR count). The lowest BCUT2D eigenvalue weighted by atomic mass is 9.80. The maximum Gasteiger partial charge on any atom is 0.0497 e. The Bertz CT molecular complexity index is 4170. The Hall–Kier alpha value is -8.98. The van der Waals surface area contributed by atoms with Crippen LogP contribution in [0.3, 0.4) is 0 Å². The molecule has 0 aromatic heterocycles. The van der Waals surface area contributed by atoms with E-state index >= 15 is 0 Å². The first-order chi connectivity index (χ1) is 36.0. The molecular weight excluding hydrogens is 881 g/mol. The van der Waals surface area contributed by atoms with Crippen LogP contribution in [0.25, 0.3) is 76.8 Å². The van der Waals surface area contributed by atoms with Crippen LogP contribution in [-0.4, -0.2) is 0 Å². The van der Waals surface area contributed by atoms with E-state index in [0.717, 1.165) is 24.2 Å². The lowest BCUT2D eigenvalue weighted by Crippen LogP contribution is -2.18. The second kappa shape index (κ2) is 16.0. The molecule has 344 valence electrons. The van der Waals surface area contributed by atoms with Gasteiger partial charge in [-0.3, -0.25) is 0 Å². The number of para-hydroxylation sites is 4. The largest absolute Gasteiger partial charge is 0.310 e. The molecule has 2 heterocycles. The van der Waals surface area contributed by atoms with Gasteiger partial charge in [-0.1, -0.05) is 202 Å². The smallest absolute Gasteiger partial charge is 0.0497 e. The summed E-state index contributed by atoms with van der Waals surface area (Å²) in [6.07, 6.45) is 1.81. The minimum atomic E-state index is -0.131. The van der Waals surface area contributed by atoms with Crippen LogP contribution in [0.2, 0.25) is 0 Å². The lowest BCUT2D eigenvalue weighted by molar-refractivity contribution is 0.660. The van der Waals surface area contributed by atoms with E-state index in [2.05, 4.69) is 266 Å². The average Bonchev–Trinajstić information content (AvgIpc) is 3.69. The highest BCUT2D eigenvalue weighted by Gasteiger charge is 2.36. The standard InChI is InChI=1S/C71H50N2/c1-71(2)63-29-12-11-26-55(63)56-37-34-46(42-64(56)71)54-25-9-10-27-57(54)69-59-38-35-52(73-67-32-15-6-21-49(67)41-50-22-7-16-33-68(50)73)44-62(59)70(58-28-17-23-45-18-3-8-24-53(45)58)60-39-36-51(43-61(60)69)72-65-30-13-4-19-47(65)40-48-20-5-14-31-66(48)72/h3-39,42-44H,40-41H2,1-2H3. The highest BCUT2D eigenvalue weighted by atomic mass is 15.2. The van der Waals surface area contributed by atoms with Gasteiger partial charge < -0.3 is 9.80 Å². The van der Waals surface area contributed by atoms with Crippen molar-refractivity contribution in [2.24, 2.45) is 0 Å². The number of fused-ring (bicyclic) bond motifs is 10. The van der Waals surface area contributed by atoms with Crippen LogP contribution >= 0.6 is 0 Å². The van der Waals surface area contributed by atoms with Crippen LogP contribution in [-0.2, 0) is 18.3 Å². The van der Waals surface area contributed by atoms with Crippen LogP contribution in [0.5, 0.6) is 0 Å². The summed E-state index contributed by atoms with van der Waals surface area (Å²) in [7, 11) is 0. The summed E-state index contributed by atoms with van der Waals surface area (Å²) in [6, 6.07) is 91.5. The monoisotopic (exact) mass is 930 g/mol. The van der Waals surface area contributed by atoms with Gasteiger partial charge in [0.05, 0.1) is 0 Å². The minimum Gasteiger partial charge on any atom is -0.310 e. The average molecular weight is 931 g/mol. The Labute approximate surface area is 426 Å². The molecule has 0 radical (unpaired) electrons. The summed E-state index contributed by atoms with van der Waals surface area (Å²) in [5.74, 6) is 0. The molecule has 3 aliphatic rings. The van der Waals surface area contributed by atoms with Gasteiger partial charge in [0.25, 0.3) is 0 Å². The summed E-state index contributed by atoms with van der Waals surface area (Å²) in [5.41, 5.74) is 25.2. The molecule has 2 nitrogen and oxygen atoms in total. The van der Waals surface area contributed by atoms with Crippen LogP contribution in [0, 0.1) is 0 Å². The third kappa shape index (κ3) is 6.30. The number of anilines is 6. The Morgan fingerprint density at radius 3 is 1.33 bits per heavy atom. The molecule has 0 atom stereocenters. The molecule has 0 fully saturated rings. The van der Waals surface area contributed by atoms with Crippen molar-refractivity contribution in [3.63, 3.8) is 0 Å². The number of hydrogen-bond acceptors (Lipinski definition) is 2. The summed E-state index contributed by atoms with van der Waals surface area (Å²) in [4.78, 5) is 5.00. The van der Waals surface area contributed by atoms with Crippen LogP contribution < -0.4 is 9.80 Å². The van der Waals surface area contributed by atoms with Crippen molar-refractivity contribution in [2.75, 3.05) is 9.80 Å². The predicted molar refractivity (Wildman–Crippen MR) is 308 cm³/mol. The summed E-state index contributed by atoms with van der Waals surface area (Å²) in [5, 5.41) is 7.35. The Balaban J connectivity index is 1.06. The lowest BCUT2D eigenvalue weighted by Gasteiger charge is -2.34. The SMILES string of the molecule is CC1(C)c2ccccc2-c2ccc(-c3ccccc3-c3c4cc(N5c6ccccc6Cc6ccccc65)ccc4c(-c4cccc5ccccc45)c4cc(N5c6ccccc6Cc6ccccc65)ccc34)cc21. The number of benzene rings is 12. The Morgan fingerprint density at radius 1 is 0.301 bits per heavy atom. The van der Waals surface area contributed by atoms with E-state index < -0.39 is 0 Å². The van der Waals surface area contributed by atoms with Gasteiger partial charge in [0.2, 0.25) is 0 Å². The van der Waals surface area contributed by atoms with Gasteiger partial charge >= 0.3 is 0 Å². The topological polar surface area (TPSA) is 6.48 Å². The molecule has 1 aliphatic carbocycles. The van der Waals surface area contributed by atoms with E-state index in [4.69, 9.17) is 0 Å². The number of rotatable bonds is 5. The molecule has 0 spiro atoms. The van der Waals surface area contributed by atoms with Gasteiger partial charge in [-0.2, -0.15) is 0 Å². The molecule has 0 N–H and O–H groups in total. The van der Waals surface area contributed by atoms with Crippen LogP contribution in [0.15, 0.2) is 243 Å². The fourth-order valence-electron chi connectivity index (χ4n) is 13.1. The van der Waals surface area contributed by atoms with E-state index in [1.807, 2.05) is 0 Å². The second-order valence-electron chi connectivity index (χ2n) is 20.8. The van der Waals surface area contributed by atoms with Crippen molar-refractivity contribution in [2.45, 2.75) is 32.1 Å². The normalized spacial score (nSPS) is 13.8. The van der Waals surface area contributed by atoms with Crippen LogP contribution in [0.4, 0.5) is 34.1 Å². The molecule has 0 saturated carbocycles. The fourth-order valence-corrected chi connectivity index (χ4v) is 13.1. The molecular formula is C71H50N2. The Kier molecular flexibility index (Phi) is 9.16. The van der Waals surface area contributed by atoms with Crippen molar-refractivity contribution < 1.29 is 0 Å². The zero-order chi connectivity index (χ0) is 48.4. The van der Waals surface area contributed by atoms with Gasteiger partial charge in [0, 0.05) is 52.4 Å². The van der Waals surface area contributed by atoms with E-state index in [1.54, 1.807) is 0 Å². The van der Waals surface area contributed by atoms with Gasteiger partial charge in [-0.15, -0.1) is 0 Å². The first-order valence-corrected chi connectivity index (χ1v) is 25.8. The molecule has 0 amide bonds. The highest BCUT2D eigenvalue weighted by Crippen LogP contribution is 2.54. The van der Waals surface area contributed by atoms with E-state index in [1.165, 1.54) is 133 Å². The Morgan fingerprint density at radius 2 is 0.740 bits per heavy atom. The first-order valence-electron chi connectivity index (χ1n) is 25.8. The van der Waals surface area contributed by atoms with Gasteiger partial charge in [0.15, 0.2) is 0 Å². The van der Waals surface area contributed by atoms with Gasteiger partial charge in [-0.05, 0) is 165 Å². The molecule has 2 aliphatic heterocycles. The van der Waals surface area contributed by atoms with Gasteiger partial charge in [-0.25, -0.2) is 0 Å². The molecule has 12 aromatic rings. The third-order valence-corrected chi connectivity index (χ3v) is 16.4. The van der Waals surface area contributed by atoms with Crippen molar-refractivity contribution in [3.8, 4) is 44.5 Å². The zero-order valence-corrected chi connectivity index (χ0v) is 40.9. The first kappa shape index (κ1) is 41.8. The van der Waals surface area contributed by atoms with E-state index in [-0.39, 0.29) is 5.41 Å². The van der Waals surface area contributed by atoms with Crippen LogP contribution in [0.1, 0.15) is 47.2 Å². The highest BCUT2D eigenvalue weighted by molar-refractivity contribution is 6.25. The molecule has 0 unspecified atom stereocenters. The summed E-state index contributed by atoms with van der Waals surface area (Å²) >= 11 is 0. The van der Waals surface area contributed by atoms with Crippen molar-refractivity contribution in [3.05, 3.63) is 276 Å². The third-order valence-electron chi connectivity index (χ3n) is 16.4. The summed E-state index contributed by atoms with van der Waals surface area (Å²) in [6.45, 7) is 4.77. The minimum absolute atomic E-state index is 0.131. The van der Waals surface area contributed by atoms with Crippen molar-refractivity contribution in [1.82, 2.24) is 0 Å². The molecule has 2 heteroatoms. The van der Waals surface area contributed by atoms with Gasteiger partial charge in [0.1, 0.15) is 0 Å². The molecule has 0 bridgehead atoms. The van der Waals surface area contributed by atoms with Crippen molar-refractivity contribution in [1.29, 1.82) is 0 Å². The quantitative estimate of drug-likeness (QED) is 0.159. The fraction of sp³-hybridized carbons (Fsp3) is 0.0704. The van der Waals surface area contributed by atoms with Crippen molar-refractivity contribution >= 4 is 66.4 Å². The second-order valence-corrected chi connectivity index (χ2v) is 20.8. The van der Waals surface area contributed by atoms with E-state index in [0.29, 0.717) is 0 Å². The molecule has 0 saturated heterocycles. The number of hydrogen-bond donors (Lipinski definition) is 0. The number of nitrogens with zero attached hydrogens (tertiary/aromatic N) is 2. The predicted octanol–water partition coefficient (Wildman–Crippen LogP) is 19.2. The van der Waals surface area contributed by atoms with E-state index in [9.17, 15) is 0 Å². The molecule has 73 heavy (non-hydrogen) atoms. The molecule has 12 aromatic carbocycles. The zero-order valence-electron chi connectivity index (χ0n) is 40.9. The maximum absolute atomic E-state index is 2.50. The summed E-state index contributed by atoms with van der Waals surface area (Å²) < 4.78 is 0. The maximum atomic E-state index is 2.50.